The zero-order valence-corrected chi connectivity index (χ0v) is 11.3. The molecule has 98 valence electrons. The summed E-state index contributed by atoms with van der Waals surface area (Å²) >= 11 is 6.12. The van der Waals surface area contributed by atoms with E-state index in [-0.39, 0.29) is 11.8 Å². The summed E-state index contributed by atoms with van der Waals surface area (Å²) in [5.74, 6) is -0.501. The predicted octanol–water partition coefficient (Wildman–Crippen LogP) is 1.87. The van der Waals surface area contributed by atoms with E-state index in [0.29, 0.717) is 17.8 Å². The number of nitrogens with one attached hydrogen (secondary N) is 2. The molecule has 1 fully saturated rings. The number of halogens is 1. The van der Waals surface area contributed by atoms with E-state index in [1.54, 1.807) is 19.9 Å². The molecule has 0 aromatic heterocycles. The summed E-state index contributed by atoms with van der Waals surface area (Å²) in [6, 6.07) is -0.416. The lowest BCUT2D eigenvalue weighted by molar-refractivity contribution is -0.129. The number of carbonyl (C=O) groups is 2. The van der Waals surface area contributed by atoms with Crippen LogP contribution in [0.5, 0.6) is 0 Å². The largest absolute Gasteiger partial charge is 0.329 e. The molecule has 0 saturated carbocycles. The average molecular weight is 270 g/mol. The fourth-order valence-electron chi connectivity index (χ4n) is 2.24. The molecular formula is C12H16ClN3O2. The minimum atomic E-state index is -0.885. The van der Waals surface area contributed by atoms with Crippen LogP contribution in [0.3, 0.4) is 0 Å². The number of hydrogen-bond donors (Lipinski definition) is 2. The Balaban J connectivity index is 2.36. The summed E-state index contributed by atoms with van der Waals surface area (Å²) in [6.45, 7) is 5.16. The molecular weight excluding hydrogens is 254 g/mol. The van der Waals surface area contributed by atoms with Gasteiger partial charge < -0.3 is 10.7 Å². The first-order valence-electron chi connectivity index (χ1n) is 5.84. The van der Waals surface area contributed by atoms with E-state index < -0.39 is 16.9 Å². The Hall–Kier alpha value is -1.36. The van der Waals surface area contributed by atoms with Crippen molar-refractivity contribution in [3.8, 4) is 0 Å². The lowest BCUT2D eigenvalue weighted by Crippen LogP contribution is -2.42. The summed E-state index contributed by atoms with van der Waals surface area (Å²) in [4.78, 5) is 25.2. The van der Waals surface area contributed by atoms with Crippen molar-refractivity contribution in [2.45, 2.75) is 38.1 Å². The van der Waals surface area contributed by atoms with Crippen LogP contribution in [0.2, 0.25) is 0 Å². The van der Waals surface area contributed by atoms with Crippen molar-refractivity contribution in [3.05, 3.63) is 11.8 Å². The fourth-order valence-corrected chi connectivity index (χ4v) is 2.46. The molecule has 2 unspecified atom stereocenters. The highest BCUT2D eigenvalue weighted by Gasteiger charge is 2.47. The van der Waals surface area contributed by atoms with Gasteiger partial charge in [0.2, 0.25) is 0 Å². The fraction of sp³-hybridized carbons (Fsp3) is 0.583. The normalized spacial score (nSPS) is 31.4. The second kappa shape index (κ2) is 4.09. The lowest BCUT2D eigenvalue weighted by Gasteiger charge is -2.30. The topological polar surface area (TPSA) is 73.3 Å². The van der Waals surface area contributed by atoms with Gasteiger partial charge in [-0.3, -0.25) is 4.79 Å². The summed E-state index contributed by atoms with van der Waals surface area (Å²) in [5, 5.41) is 9.86. The van der Waals surface area contributed by atoms with Gasteiger partial charge in [-0.25, -0.2) is 9.69 Å². The highest BCUT2D eigenvalue weighted by molar-refractivity contribution is 6.32. The Bertz CT molecular complexity index is 470. The standard InChI is InChI=1S/C12H16ClN3O2/c1-6-8(5-4-7(14)9(6)13)16-10(17)12(2,3)15-11(16)18/h5-6,9,14H,4H2,1-3H3,(H,15,18). The summed E-state index contributed by atoms with van der Waals surface area (Å²) in [7, 11) is 0. The van der Waals surface area contributed by atoms with Crippen molar-refractivity contribution < 1.29 is 9.59 Å². The maximum absolute atomic E-state index is 12.2. The molecule has 0 aromatic carbocycles. The van der Waals surface area contributed by atoms with Gasteiger partial charge in [0.25, 0.3) is 5.91 Å². The highest BCUT2D eigenvalue weighted by Crippen LogP contribution is 2.32. The number of carbonyl (C=O) groups excluding carboxylic acids is 2. The van der Waals surface area contributed by atoms with Crippen molar-refractivity contribution in [3.63, 3.8) is 0 Å². The number of allylic oxidation sites excluding steroid dienone is 2. The first-order chi connectivity index (χ1) is 8.25. The Morgan fingerprint density at radius 3 is 2.61 bits per heavy atom. The number of alkyl halides is 1. The molecule has 0 aromatic rings. The van der Waals surface area contributed by atoms with E-state index in [1.807, 2.05) is 6.92 Å². The molecule has 6 heteroatoms. The minimum absolute atomic E-state index is 0.225. The summed E-state index contributed by atoms with van der Waals surface area (Å²) in [5.41, 5.74) is 0.128. The van der Waals surface area contributed by atoms with Crippen LogP contribution in [0.1, 0.15) is 27.2 Å². The van der Waals surface area contributed by atoms with Gasteiger partial charge in [-0.2, -0.15) is 0 Å². The Morgan fingerprint density at radius 1 is 1.50 bits per heavy atom. The number of amides is 3. The number of imide groups is 1. The first-order valence-corrected chi connectivity index (χ1v) is 6.27. The van der Waals surface area contributed by atoms with E-state index >= 15 is 0 Å². The summed E-state index contributed by atoms with van der Waals surface area (Å²) in [6.07, 6.45) is 2.12. The van der Waals surface area contributed by atoms with Crippen molar-refractivity contribution in [1.82, 2.24) is 10.2 Å². The minimum Gasteiger partial charge on any atom is -0.323 e. The first kappa shape index (κ1) is 13.1. The second-order valence-corrected chi connectivity index (χ2v) is 5.71. The molecule has 0 radical (unpaired) electrons. The van der Waals surface area contributed by atoms with Gasteiger partial charge in [-0.15, -0.1) is 11.6 Å². The van der Waals surface area contributed by atoms with Gasteiger partial charge in [0.1, 0.15) is 5.54 Å². The quantitative estimate of drug-likeness (QED) is 0.563. The van der Waals surface area contributed by atoms with Crippen LogP contribution in [0.4, 0.5) is 4.79 Å². The molecule has 1 aliphatic carbocycles. The van der Waals surface area contributed by atoms with Crippen LogP contribution in [0, 0.1) is 11.3 Å². The molecule has 0 bridgehead atoms. The smallest absolute Gasteiger partial charge is 0.323 e. The van der Waals surface area contributed by atoms with Crippen LogP contribution in [-0.4, -0.2) is 33.5 Å². The van der Waals surface area contributed by atoms with Crippen molar-refractivity contribution >= 4 is 29.3 Å². The van der Waals surface area contributed by atoms with E-state index in [2.05, 4.69) is 5.32 Å². The third-order valence-electron chi connectivity index (χ3n) is 3.39. The Morgan fingerprint density at radius 2 is 2.11 bits per heavy atom. The highest BCUT2D eigenvalue weighted by atomic mass is 35.5. The third kappa shape index (κ3) is 1.82. The van der Waals surface area contributed by atoms with E-state index in [4.69, 9.17) is 17.0 Å². The molecule has 1 heterocycles. The molecule has 5 nitrogen and oxygen atoms in total. The molecule has 3 amide bonds. The number of hydrogen-bond acceptors (Lipinski definition) is 3. The molecule has 2 N–H and O–H groups in total. The molecule has 18 heavy (non-hydrogen) atoms. The maximum atomic E-state index is 12.2. The number of urea groups is 1. The van der Waals surface area contributed by atoms with Crippen LogP contribution < -0.4 is 5.32 Å². The third-order valence-corrected chi connectivity index (χ3v) is 4.03. The zero-order valence-electron chi connectivity index (χ0n) is 10.6. The molecule has 1 saturated heterocycles. The maximum Gasteiger partial charge on any atom is 0.329 e. The zero-order chi connectivity index (χ0) is 13.7. The molecule has 0 spiro atoms. The van der Waals surface area contributed by atoms with Gasteiger partial charge in [0, 0.05) is 23.7 Å². The van der Waals surface area contributed by atoms with E-state index in [1.165, 1.54) is 0 Å². The van der Waals surface area contributed by atoms with Gasteiger partial charge in [0.05, 0.1) is 5.38 Å². The predicted molar refractivity (Wildman–Crippen MR) is 68.7 cm³/mol. The van der Waals surface area contributed by atoms with Gasteiger partial charge in [-0.1, -0.05) is 13.0 Å². The van der Waals surface area contributed by atoms with Gasteiger partial charge in [-0.05, 0) is 13.8 Å². The monoisotopic (exact) mass is 269 g/mol. The molecule has 2 aliphatic rings. The number of nitrogens with zero attached hydrogens (tertiary/aromatic N) is 1. The van der Waals surface area contributed by atoms with Crippen molar-refractivity contribution in [2.24, 2.45) is 5.92 Å². The van der Waals surface area contributed by atoms with Crippen LogP contribution >= 0.6 is 11.6 Å². The van der Waals surface area contributed by atoms with Gasteiger partial charge >= 0.3 is 6.03 Å². The van der Waals surface area contributed by atoms with Gasteiger partial charge in [0.15, 0.2) is 0 Å². The van der Waals surface area contributed by atoms with Crippen molar-refractivity contribution in [1.29, 1.82) is 5.41 Å². The van der Waals surface area contributed by atoms with Crippen LogP contribution in [-0.2, 0) is 4.79 Å². The Labute approximate surface area is 111 Å². The summed E-state index contributed by atoms with van der Waals surface area (Å²) < 4.78 is 0. The second-order valence-electron chi connectivity index (χ2n) is 5.24. The average Bonchev–Trinajstić information content (AvgIpc) is 2.47. The molecule has 2 atom stereocenters. The number of rotatable bonds is 1. The van der Waals surface area contributed by atoms with Crippen LogP contribution in [0.25, 0.3) is 0 Å². The van der Waals surface area contributed by atoms with E-state index in [9.17, 15) is 9.59 Å². The SMILES string of the molecule is CC1C(N2C(=O)NC(C)(C)C2=O)=CCC(=N)C1Cl. The molecule has 1 aliphatic heterocycles. The molecule has 2 rings (SSSR count). The van der Waals surface area contributed by atoms with Crippen molar-refractivity contribution in [2.75, 3.05) is 0 Å². The Kier molecular flexibility index (Phi) is 2.97. The lowest BCUT2D eigenvalue weighted by atomic mass is 9.90. The van der Waals surface area contributed by atoms with Crippen LogP contribution in [0.15, 0.2) is 11.8 Å². The van der Waals surface area contributed by atoms with E-state index in [0.717, 1.165) is 4.90 Å².